The molecular formula is C15H13BrFNO. The van der Waals surface area contributed by atoms with Crippen molar-refractivity contribution in [2.24, 2.45) is 0 Å². The van der Waals surface area contributed by atoms with Gasteiger partial charge in [-0.25, -0.2) is 4.39 Å². The van der Waals surface area contributed by atoms with E-state index in [1.165, 1.54) is 23.3 Å². The third-order valence-corrected chi connectivity index (χ3v) is 3.92. The van der Waals surface area contributed by atoms with Crippen LogP contribution in [0.25, 0.3) is 0 Å². The molecule has 1 aliphatic heterocycles. The number of benzene rings is 2. The molecule has 19 heavy (non-hydrogen) atoms. The molecule has 2 aromatic carbocycles. The molecule has 1 aliphatic rings. The Hall–Kier alpha value is -1.39. The highest BCUT2D eigenvalue weighted by atomic mass is 79.9. The topological polar surface area (TPSA) is 21.3 Å². The van der Waals surface area contributed by atoms with E-state index in [9.17, 15) is 4.39 Å². The Morgan fingerprint density at radius 3 is 2.95 bits per heavy atom. The maximum atomic E-state index is 13.3. The summed E-state index contributed by atoms with van der Waals surface area (Å²) in [6, 6.07) is 12.8. The van der Waals surface area contributed by atoms with Crippen LogP contribution >= 0.6 is 15.9 Å². The smallest absolute Gasteiger partial charge is 0.125 e. The molecule has 0 fully saturated rings. The largest absolute Gasteiger partial charge is 0.375 e. The molecule has 1 N–H and O–H groups in total. The predicted octanol–water partition coefficient (Wildman–Crippen LogP) is 4.27. The molecule has 2 aromatic rings. The van der Waals surface area contributed by atoms with E-state index in [4.69, 9.17) is 4.74 Å². The molecule has 98 valence electrons. The second-order valence-electron chi connectivity index (χ2n) is 4.54. The number of fused-ring (bicyclic) bond motifs is 1. The van der Waals surface area contributed by atoms with Gasteiger partial charge in [0.05, 0.1) is 24.9 Å². The standard InChI is InChI=1S/C15H13BrFNO/c16-13-6-5-11(17)7-14(13)18-15-9-19-8-10-3-1-2-4-12(10)15/h1-7,15,18H,8-9H2. The van der Waals surface area contributed by atoms with Gasteiger partial charge in [0, 0.05) is 4.47 Å². The van der Waals surface area contributed by atoms with Gasteiger partial charge in [-0.3, -0.25) is 0 Å². The van der Waals surface area contributed by atoms with Crippen molar-refractivity contribution in [3.8, 4) is 0 Å². The zero-order valence-electron chi connectivity index (χ0n) is 10.2. The van der Waals surface area contributed by atoms with Crippen molar-refractivity contribution >= 4 is 21.6 Å². The van der Waals surface area contributed by atoms with Crippen molar-refractivity contribution in [2.45, 2.75) is 12.6 Å². The number of anilines is 1. The highest BCUT2D eigenvalue weighted by Gasteiger charge is 2.20. The molecule has 4 heteroatoms. The molecular weight excluding hydrogens is 309 g/mol. The van der Waals surface area contributed by atoms with Crippen LogP contribution in [-0.2, 0) is 11.3 Å². The summed E-state index contributed by atoms with van der Waals surface area (Å²) in [6.07, 6.45) is 0. The van der Waals surface area contributed by atoms with Gasteiger partial charge < -0.3 is 10.1 Å². The third-order valence-electron chi connectivity index (χ3n) is 3.23. The van der Waals surface area contributed by atoms with E-state index in [0.29, 0.717) is 13.2 Å². The number of hydrogen-bond acceptors (Lipinski definition) is 2. The van der Waals surface area contributed by atoms with Gasteiger partial charge in [0.25, 0.3) is 0 Å². The summed E-state index contributed by atoms with van der Waals surface area (Å²) >= 11 is 3.43. The maximum Gasteiger partial charge on any atom is 0.125 e. The lowest BCUT2D eigenvalue weighted by atomic mass is 9.99. The minimum Gasteiger partial charge on any atom is -0.375 e. The summed E-state index contributed by atoms with van der Waals surface area (Å²) in [4.78, 5) is 0. The van der Waals surface area contributed by atoms with Crippen LogP contribution in [0.1, 0.15) is 17.2 Å². The first-order valence-corrected chi connectivity index (χ1v) is 6.90. The average Bonchev–Trinajstić information content (AvgIpc) is 2.43. The van der Waals surface area contributed by atoms with E-state index in [-0.39, 0.29) is 11.9 Å². The summed E-state index contributed by atoms with van der Waals surface area (Å²) in [7, 11) is 0. The second-order valence-corrected chi connectivity index (χ2v) is 5.39. The SMILES string of the molecule is Fc1ccc(Br)c(NC2COCc3ccccc32)c1. The molecule has 0 aliphatic carbocycles. The first-order chi connectivity index (χ1) is 9.24. The average molecular weight is 322 g/mol. The quantitative estimate of drug-likeness (QED) is 0.891. The monoisotopic (exact) mass is 321 g/mol. The summed E-state index contributed by atoms with van der Waals surface area (Å²) in [5.41, 5.74) is 3.13. The van der Waals surface area contributed by atoms with E-state index in [1.54, 1.807) is 6.07 Å². The van der Waals surface area contributed by atoms with E-state index < -0.39 is 0 Å². The molecule has 0 spiro atoms. The fourth-order valence-corrected chi connectivity index (χ4v) is 2.66. The molecule has 2 nitrogen and oxygen atoms in total. The van der Waals surface area contributed by atoms with Gasteiger partial charge >= 0.3 is 0 Å². The zero-order valence-corrected chi connectivity index (χ0v) is 11.8. The van der Waals surface area contributed by atoms with Crippen molar-refractivity contribution in [3.63, 3.8) is 0 Å². The molecule has 1 unspecified atom stereocenters. The molecule has 0 bridgehead atoms. The molecule has 1 heterocycles. The summed E-state index contributed by atoms with van der Waals surface area (Å²) in [6.45, 7) is 1.22. The van der Waals surface area contributed by atoms with Crippen molar-refractivity contribution < 1.29 is 9.13 Å². The van der Waals surface area contributed by atoms with Gasteiger partial charge in [0.2, 0.25) is 0 Å². The van der Waals surface area contributed by atoms with Gasteiger partial charge in [0.15, 0.2) is 0 Å². The first kappa shape index (κ1) is 12.6. The summed E-state index contributed by atoms with van der Waals surface area (Å²) < 4.78 is 19.7. The first-order valence-electron chi connectivity index (χ1n) is 6.11. The van der Waals surface area contributed by atoms with Crippen LogP contribution in [0.4, 0.5) is 10.1 Å². The van der Waals surface area contributed by atoms with Crippen LogP contribution in [0.3, 0.4) is 0 Å². The minimum absolute atomic E-state index is 0.0445. The van der Waals surface area contributed by atoms with Gasteiger partial charge in [-0.05, 0) is 45.3 Å². The molecule has 0 saturated carbocycles. The van der Waals surface area contributed by atoms with Crippen molar-refractivity contribution in [1.82, 2.24) is 0 Å². The predicted molar refractivity (Wildman–Crippen MR) is 76.6 cm³/mol. The highest BCUT2D eigenvalue weighted by molar-refractivity contribution is 9.10. The van der Waals surface area contributed by atoms with E-state index in [1.807, 2.05) is 12.1 Å². The zero-order chi connectivity index (χ0) is 13.2. The Bertz CT molecular complexity index is 602. The maximum absolute atomic E-state index is 13.3. The number of nitrogens with one attached hydrogen (secondary N) is 1. The lowest BCUT2D eigenvalue weighted by molar-refractivity contribution is 0.0970. The number of ether oxygens (including phenoxy) is 1. The molecule has 3 rings (SSSR count). The fourth-order valence-electron chi connectivity index (χ4n) is 2.30. The van der Waals surface area contributed by atoms with Crippen LogP contribution in [-0.4, -0.2) is 6.61 Å². The third kappa shape index (κ3) is 2.65. The summed E-state index contributed by atoms with van der Waals surface area (Å²) in [5, 5.41) is 3.33. The lowest BCUT2D eigenvalue weighted by Gasteiger charge is -2.27. The van der Waals surface area contributed by atoms with E-state index >= 15 is 0 Å². The van der Waals surface area contributed by atoms with Crippen LogP contribution in [0, 0.1) is 5.82 Å². The van der Waals surface area contributed by atoms with Gasteiger partial charge in [-0.2, -0.15) is 0 Å². The lowest BCUT2D eigenvalue weighted by Crippen LogP contribution is -2.23. The van der Waals surface area contributed by atoms with E-state index in [2.05, 4.69) is 33.4 Å². The molecule has 0 saturated heterocycles. The Morgan fingerprint density at radius 1 is 1.21 bits per heavy atom. The summed E-state index contributed by atoms with van der Waals surface area (Å²) in [5.74, 6) is -0.254. The van der Waals surface area contributed by atoms with Crippen LogP contribution in [0.2, 0.25) is 0 Å². The van der Waals surface area contributed by atoms with Crippen LogP contribution in [0.15, 0.2) is 46.9 Å². The molecule has 0 aromatic heterocycles. The Morgan fingerprint density at radius 2 is 2.05 bits per heavy atom. The van der Waals surface area contributed by atoms with E-state index in [0.717, 1.165) is 10.2 Å². The number of halogens is 2. The Balaban J connectivity index is 1.90. The van der Waals surface area contributed by atoms with Crippen molar-refractivity contribution in [2.75, 3.05) is 11.9 Å². The van der Waals surface area contributed by atoms with Crippen molar-refractivity contribution in [1.29, 1.82) is 0 Å². The highest BCUT2D eigenvalue weighted by Crippen LogP contribution is 2.31. The number of rotatable bonds is 2. The van der Waals surface area contributed by atoms with Crippen molar-refractivity contribution in [3.05, 3.63) is 63.9 Å². The van der Waals surface area contributed by atoms with Crippen LogP contribution < -0.4 is 5.32 Å². The Kier molecular flexibility index (Phi) is 3.53. The molecule has 1 atom stereocenters. The Labute approximate surface area is 119 Å². The minimum atomic E-state index is -0.254. The number of hydrogen-bond donors (Lipinski definition) is 1. The van der Waals surface area contributed by atoms with Crippen LogP contribution in [0.5, 0.6) is 0 Å². The molecule has 0 radical (unpaired) electrons. The second kappa shape index (κ2) is 5.31. The molecule has 0 amide bonds. The fraction of sp³-hybridized carbons (Fsp3) is 0.200. The normalized spacial score (nSPS) is 17.9. The van der Waals surface area contributed by atoms with Gasteiger partial charge in [-0.1, -0.05) is 24.3 Å². The van der Waals surface area contributed by atoms with Gasteiger partial charge in [0.1, 0.15) is 5.82 Å². The van der Waals surface area contributed by atoms with Gasteiger partial charge in [-0.15, -0.1) is 0 Å².